The van der Waals surface area contributed by atoms with E-state index in [-0.39, 0.29) is 6.10 Å². The first kappa shape index (κ1) is 14.0. The maximum absolute atomic E-state index is 5.60. The van der Waals surface area contributed by atoms with E-state index in [1.807, 2.05) is 13.8 Å². The molecule has 0 bridgehead atoms. The number of ether oxygens (including phenoxy) is 1. The molecule has 0 saturated heterocycles. The topological polar surface area (TPSA) is 47.0 Å². The van der Waals surface area contributed by atoms with Crippen LogP contribution in [0.15, 0.2) is 0 Å². The fourth-order valence-corrected chi connectivity index (χ4v) is 2.77. The van der Waals surface area contributed by atoms with Crippen LogP contribution in [0.1, 0.15) is 57.2 Å². The number of halogens is 1. The third kappa shape index (κ3) is 3.12. The third-order valence-corrected chi connectivity index (χ3v) is 4.05. The van der Waals surface area contributed by atoms with E-state index in [1.165, 1.54) is 22.1 Å². The summed E-state index contributed by atoms with van der Waals surface area (Å²) < 4.78 is 6.77. The maximum atomic E-state index is 5.60. The van der Waals surface area contributed by atoms with Gasteiger partial charge in [-0.1, -0.05) is 0 Å². The molecule has 1 N–H and O–H groups in total. The minimum atomic E-state index is -0.0399. The lowest BCUT2D eigenvalue weighted by Crippen LogP contribution is -2.12. The minimum absolute atomic E-state index is 0.0399. The smallest absolute Gasteiger partial charge is 0.159 e. The summed E-state index contributed by atoms with van der Waals surface area (Å²) in [7, 11) is 0. The van der Waals surface area contributed by atoms with Crippen LogP contribution in [0.2, 0.25) is 0 Å². The summed E-state index contributed by atoms with van der Waals surface area (Å²) in [6.45, 7) is 7.65. The second-order valence-electron chi connectivity index (χ2n) is 4.53. The first-order valence-corrected chi connectivity index (χ1v) is 7.68. The van der Waals surface area contributed by atoms with Crippen molar-refractivity contribution in [2.45, 2.75) is 45.6 Å². The number of nitrogens with one attached hydrogen (secondary N) is 1. The Balaban J connectivity index is 2.34. The SMILES string of the molecule is CCNc1nc(C(C)OCC)nc(C2CC2)c1I. The van der Waals surface area contributed by atoms with Gasteiger partial charge in [-0.15, -0.1) is 0 Å². The average molecular weight is 361 g/mol. The van der Waals surface area contributed by atoms with Gasteiger partial charge in [0.15, 0.2) is 5.82 Å². The predicted octanol–water partition coefficient (Wildman–Crippen LogP) is 3.49. The quantitative estimate of drug-likeness (QED) is 0.788. The molecule has 5 heteroatoms. The standard InChI is InChI=1S/C13H20IN3O/c1-4-15-13-10(14)11(9-6-7-9)16-12(17-13)8(3)18-5-2/h8-9H,4-7H2,1-3H3,(H,15,16,17). The number of anilines is 1. The Labute approximate surface area is 122 Å². The number of hydrogen-bond acceptors (Lipinski definition) is 4. The van der Waals surface area contributed by atoms with Crippen LogP contribution >= 0.6 is 22.6 Å². The Bertz CT molecular complexity index is 421. The lowest BCUT2D eigenvalue weighted by atomic mass is 10.2. The molecule has 1 aliphatic rings. The van der Waals surface area contributed by atoms with Crippen LogP contribution in [-0.4, -0.2) is 23.1 Å². The molecule has 0 radical (unpaired) electrons. The predicted molar refractivity (Wildman–Crippen MR) is 80.9 cm³/mol. The fraction of sp³-hybridized carbons (Fsp3) is 0.692. The zero-order valence-electron chi connectivity index (χ0n) is 11.2. The summed E-state index contributed by atoms with van der Waals surface area (Å²) >= 11 is 2.35. The van der Waals surface area contributed by atoms with E-state index in [0.717, 1.165) is 18.2 Å². The number of rotatable bonds is 6. The van der Waals surface area contributed by atoms with Crippen LogP contribution in [0.4, 0.5) is 5.82 Å². The molecule has 18 heavy (non-hydrogen) atoms. The van der Waals surface area contributed by atoms with Crippen LogP contribution in [-0.2, 0) is 4.74 Å². The van der Waals surface area contributed by atoms with Gasteiger partial charge in [0.1, 0.15) is 11.9 Å². The minimum Gasteiger partial charge on any atom is -0.371 e. The summed E-state index contributed by atoms with van der Waals surface area (Å²) in [6.07, 6.45) is 2.46. The van der Waals surface area contributed by atoms with E-state index in [9.17, 15) is 0 Å². The molecule has 1 fully saturated rings. The summed E-state index contributed by atoms with van der Waals surface area (Å²) in [4.78, 5) is 9.31. The molecule has 0 aromatic carbocycles. The van der Waals surface area contributed by atoms with Gasteiger partial charge in [0, 0.05) is 19.1 Å². The van der Waals surface area contributed by atoms with Crippen molar-refractivity contribution >= 4 is 28.4 Å². The highest BCUT2D eigenvalue weighted by atomic mass is 127. The van der Waals surface area contributed by atoms with E-state index >= 15 is 0 Å². The average Bonchev–Trinajstić information content (AvgIpc) is 3.16. The maximum Gasteiger partial charge on any atom is 0.159 e. The van der Waals surface area contributed by atoms with Gasteiger partial charge >= 0.3 is 0 Å². The molecule has 0 aliphatic heterocycles. The highest BCUT2D eigenvalue weighted by molar-refractivity contribution is 14.1. The van der Waals surface area contributed by atoms with Crippen molar-refractivity contribution in [3.05, 3.63) is 15.1 Å². The molecule has 100 valence electrons. The molecule has 1 aromatic rings. The van der Waals surface area contributed by atoms with Gasteiger partial charge < -0.3 is 10.1 Å². The summed E-state index contributed by atoms with van der Waals surface area (Å²) in [5, 5.41) is 3.32. The van der Waals surface area contributed by atoms with Crippen LogP contribution < -0.4 is 5.32 Å². The molecule has 4 nitrogen and oxygen atoms in total. The van der Waals surface area contributed by atoms with Gasteiger partial charge in [-0.05, 0) is 56.2 Å². The Morgan fingerprint density at radius 1 is 1.39 bits per heavy atom. The van der Waals surface area contributed by atoms with Gasteiger partial charge in [-0.25, -0.2) is 9.97 Å². The fourth-order valence-electron chi connectivity index (χ4n) is 1.90. The molecular formula is C13H20IN3O. The van der Waals surface area contributed by atoms with Crippen molar-refractivity contribution in [3.63, 3.8) is 0 Å². The molecule has 1 saturated carbocycles. The molecule has 1 aromatic heterocycles. The van der Waals surface area contributed by atoms with Gasteiger partial charge in [0.2, 0.25) is 0 Å². The van der Waals surface area contributed by atoms with E-state index in [4.69, 9.17) is 9.72 Å². The molecule has 0 amide bonds. The van der Waals surface area contributed by atoms with Gasteiger partial charge in [0.05, 0.1) is 9.26 Å². The van der Waals surface area contributed by atoms with Crippen molar-refractivity contribution in [2.75, 3.05) is 18.5 Å². The van der Waals surface area contributed by atoms with Crippen LogP contribution in [0, 0.1) is 3.57 Å². The first-order chi connectivity index (χ1) is 8.67. The second-order valence-corrected chi connectivity index (χ2v) is 5.61. The molecule has 2 rings (SSSR count). The number of nitrogens with zero attached hydrogens (tertiary/aromatic N) is 2. The lowest BCUT2D eigenvalue weighted by Gasteiger charge is -2.15. The van der Waals surface area contributed by atoms with E-state index in [1.54, 1.807) is 0 Å². The van der Waals surface area contributed by atoms with Crippen LogP contribution in [0.5, 0.6) is 0 Å². The van der Waals surface area contributed by atoms with E-state index in [0.29, 0.717) is 12.5 Å². The normalized spacial score (nSPS) is 16.7. The molecule has 1 aliphatic carbocycles. The largest absolute Gasteiger partial charge is 0.371 e. The molecule has 1 unspecified atom stereocenters. The zero-order chi connectivity index (χ0) is 13.1. The van der Waals surface area contributed by atoms with E-state index < -0.39 is 0 Å². The summed E-state index contributed by atoms with van der Waals surface area (Å²) in [5.41, 5.74) is 1.20. The van der Waals surface area contributed by atoms with Gasteiger partial charge in [-0.2, -0.15) is 0 Å². The zero-order valence-corrected chi connectivity index (χ0v) is 13.3. The van der Waals surface area contributed by atoms with Gasteiger partial charge in [0.25, 0.3) is 0 Å². The van der Waals surface area contributed by atoms with Crippen molar-refractivity contribution in [1.82, 2.24) is 9.97 Å². The summed E-state index contributed by atoms with van der Waals surface area (Å²) in [6, 6.07) is 0. The van der Waals surface area contributed by atoms with Crippen molar-refractivity contribution in [2.24, 2.45) is 0 Å². The Morgan fingerprint density at radius 2 is 2.11 bits per heavy atom. The third-order valence-electron chi connectivity index (χ3n) is 2.98. The van der Waals surface area contributed by atoms with Crippen molar-refractivity contribution in [3.8, 4) is 0 Å². The van der Waals surface area contributed by atoms with Crippen molar-refractivity contribution in [1.29, 1.82) is 0 Å². The molecule has 1 heterocycles. The summed E-state index contributed by atoms with van der Waals surface area (Å²) in [5.74, 6) is 2.39. The molecule has 1 atom stereocenters. The highest BCUT2D eigenvalue weighted by Crippen LogP contribution is 2.42. The van der Waals surface area contributed by atoms with Crippen molar-refractivity contribution < 1.29 is 4.74 Å². The lowest BCUT2D eigenvalue weighted by molar-refractivity contribution is 0.0699. The van der Waals surface area contributed by atoms with Gasteiger partial charge in [-0.3, -0.25) is 0 Å². The van der Waals surface area contributed by atoms with Crippen LogP contribution in [0.25, 0.3) is 0 Å². The first-order valence-electron chi connectivity index (χ1n) is 6.60. The molecule has 0 spiro atoms. The van der Waals surface area contributed by atoms with E-state index in [2.05, 4.69) is 39.8 Å². The highest BCUT2D eigenvalue weighted by Gasteiger charge is 2.30. The Kier molecular flexibility index (Phi) is 4.77. The molecular weight excluding hydrogens is 341 g/mol. The van der Waals surface area contributed by atoms with Crippen LogP contribution in [0.3, 0.4) is 0 Å². The Morgan fingerprint density at radius 3 is 2.67 bits per heavy atom. The second kappa shape index (κ2) is 6.14. The number of hydrogen-bond donors (Lipinski definition) is 1. The Hall–Kier alpha value is -0.430. The number of aromatic nitrogens is 2. The monoisotopic (exact) mass is 361 g/mol.